The molecule has 0 spiro atoms. The molecule has 0 aliphatic heterocycles. The number of sulfone groups is 1. The third kappa shape index (κ3) is 3.82. The summed E-state index contributed by atoms with van der Waals surface area (Å²) < 4.78 is 28.7. The summed E-state index contributed by atoms with van der Waals surface area (Å²) in [6.45, 7) is 3.76. The fraction of sp³-hybridized carbons (Fsp3) is 0.533. The Morgan fingerprint density at radius 3 is 2.40 bits per heavy atom. The van der Waals surface area contributed by atoms with E-state index in [0.717, 1.165) is 24.8 Å². The first-order valence-corrected chi connectivity index (χ1v) is 8.62. The number of ether oxygens (including phenoxy) is 1. The summed E-state index contributed by atoms with van der Waals surface area (Å²) >= 11 is 0. The van der Waals surface area contributed by atoms with E-state index in [-0.39, 0.29) is 4.90 Å². The minimum Gasteiger partial charge on any atom is -0.465 e. The molecular weight excluding hydrogens is 276 g/mol. The third-order valence-electron chi connectivity index (χ3n) is 3.31. The van der Waals surface area contributed by atoms with E-state index in [1.54, 1.807) is 19.1 Å². The number of hydrogen-bond acceptors (Lipinski definition) is 4. The average molecular weight is 298 g/mol. The Balaban J connectivity index is 3.33. The van der Waals surface area contributed by atoms with Gasteiger partial charge in [-0.1, -0.05) is 25.8 Å². The van der Waals surface area contributed by atoms with Crippen molar-refractivity contribution < 1.29 is 17.9 Å². The summed E-state index contributed by atoms with van der Waals surface area (Å²) in [7, 11) is -2.08. The maximum absolute atomic E-state index is 12.0. The van der Waals surface area contributed by atoms with E-state index >= 15 is 0 Å². The zero-order valence-corrected chi connectivity index (χ0v) is 13.3. The molecule has 0 aliphatic carbocycles. The van der Waals surface area contributed by atoms with Crippen LogP contribution in [0.1, 0.15) is 47.7 Å². The minimum atomic E-state index is -3.37. The van der Waals surface area contributed by atoms with Gasteiger partial charge in [0.1, 0.15) is 0 Å². The first-order chi connectivity index (χ1) is 9.32. The largest absolute Gasteiger partial charge is 0.465 e. The second kappa shape index (κ2) is 6.88. The molecule has 1 aromatic carbocycles. The lowest BCUT2D eigenvalue weighted by Crippen LogP contribution is -2.11. The predicted molar refractivity (Wildman–Crippen MR) is 78.9 cm³/mol. The molecule has 0 radical (unpaired) electrons. The molecule has 5 heteroatoms. The highest BCUT2D eigenvalue weighted by Gasteiger charge is 2.21. The number of hydrogen-bond donors (Lipinski definition) is 0. The van der Waals surface area contributed by atoms with Gasteiger partial charge in [0.25, 0.3) is 0 Å². The van der Waals surface area contributed by atoms with Crippen molar-refractivity contribution in [3.63, 3.8) is 0 Å². The summed E-state index contributed by atoms with van der Waals surface area (Å²) in [4.78, 5) is 11.9. The van der Waals surface area contributed by atoms with E-state index in [0.29, 0.717) is 17.5 Å². The van der Waals surface area contributed by atoms with Gasteiger partial charge in [-0.05, 0) is 37.0 Å². The molecule has 20 heavy (non-hydrogen) atoms. The molecule has 112 valence electrons. The van der Waals surface area contributed by atoms with E-state index in [4.69, 9.17) is 0 Å². The van der Waals surface area contributed by atoms with Crippen molar-refractivity contribution >= 4 is 15.8 Å². The van der Waals surface area contributed by atoms with Crippen molar-refractivity contribution in [3.05, 3.63) is 28.8 Å². The van der Waals surface area contributed by atoms with Crippen molar-refractivity contribution in [2.45, 2.75) is 44.4 Å². The fourth-order valence-electron chi connectivity index (χ4n) is 2.36. The van der Waals surface area contributed by atoms with Crippen LogP contribution in [0.2, 0.25) is 0 Å². The maximum atomic E-state index is 12.0. The van der Waals surface area contributed by atoms with Crippen LogP contribution >= 0.6 is 0 Å². The molecule has 0 aromatic heterocycles. The lowest BCUT2D eigenvalue weighted by molar-refractivity contribution is 0.0599. The highest BCUT2D eigenvalue weighted by molar-refractivity contribution is 7.90. The quantitative estimate of drug-likeness (QED) is 0.598. The minimum absolute atomic E-state index is 0.275. The summed E-state index contributed by atoms with van der Waals surface area (Å²) in [5.74, 6) is -0.507. The number of unbranched alkanes of at least 4 members (excludes halogenated alkanes) is 2. The van der Waals surface area contributed by atoms with Crippen molar-refractivity contribution in [2.75, 3.05) is 13.4 Å². The van der Waals surface area contributed by atoms with Gasteiger partial charge in [0.15, 0.2) is 9.84 Å². The first kappa shape index (κ1) is 16.7. The fourth-order valence-corrected chi connectivity index (χ4v) is 3.67. The number of aryl methyl sites for hydroxylation is 1. The van der Waals surface area contributed by atoms with Crippen molar-refractivity contribution in [3.8, 4) is 0 Å². The van der Waals surface area contributed by atoms with Gasteiger partial charge in [0.2, 0.25) is 0 Å². The average Bonchev–Trinajstić information content (AvgIpc) is 2.36. The summed E-state index contributed by atoms with van der Waals surface area (Å²) in [6.07, 6.45) is 4.96. The van der Waals surface area contributed by atoms with E-state index in [9.17, 15) is 13.2 Å². The van der Waals surface area contributed by atoms with E-state index in [2.05, 4.69) is 11.7 Å². The van der Waals surface area contributed by atoms with Gasteiger partial charge in [-0.25, -0.2) is 13.2 Å². The Labute approximate surface area is 121 Å². The molecule has 0 atom stereocenters. The Hall–Kier alpha value is -1.36. The Morgan fingerprint density at radius 2 is 1.90 bits per heavy atom. The number of benzene rings is 1. The predicted octanol–water partition coefficient (Wildman–Crippen LogP) is 2.92. The van der Waals surface area contributed by atoms with Crippen LogP contribution in [0, 0.1) is 6.92 Å². The van der Waals surface area contributed by atoms with Gasteiger partial charge in [-0.2, -0.15) is 0 Å². The number of rotatable bonds is 6. The number of methoxy groups -OCH3 is 1. The molecule has 0 amide bonds. The highest BCUT2D eigenvalue weighted by Crippen LogP contribution is 2.26. The molecule has 0 saturated heterocycles. The zero-order chi connectivity index (χ0) is 15.3. The molecule has 0 bridgehead atoms. The second-order valence-corrected chi connectivity index (χ2v) is 6.90. The van der Waals surface area contributed by atoms with Crippen molar-refractivity contribution in [1.82, 2.24) is 0 Å². The lowest BCUT2D eigenvalue weighted by atomic mass is 10.0. The standard InChI is InChI=1S/C15H22O4S/c1-5-6-7-8-12-9-10-13(15(16)19-3)11(2)14(12)20(4,17)18/h9-10H,5-8H2,1-4H3. The van der Waals surface area contributed by atoms with Crippen LogP contribution < -0.4 is 0 Å². The van der Waals surface area contributed by atoms with Crippen molar-refractivity contribution in [1.29, 1.82) is 0 Å². The molecule has 0 N–H and O–H groups in total. The first-order valence-electron chi connectivity index (χ1n) is 6.73. The number of esters is 1. The van der Waals surface area contributed by atoms with Crippen LogP contribution in [0.3, 0.4) is 0 Å². The normalized spacial score (nSPS) is 11.4. The van der Waals surface area contributed by atoms with Crippen LogP contribution in [0.15, 0.2) is 17.0 Å². The van der Waals surface area contributed by atoms with Crippen LogP contribution in [-0.2, 0) is 21.0 Å². The van der Waals surface area contributed by atoms with Gasteiger partial charge in [0, 0.05) is 6.26 Å². The maximum Gasteiger partial charge on any atom is 0.338 e. The van der Waals surface area contributed by atoms with Gasteiger partial charge >= 0.3 is 5.97 Å². The second-order valence-electron chi connectivity index (χ2n) is 4.95. The molecule has 0 aliphatic rings. The van der Waals surface area contributed by atoms with Gasteiger partial charge in [0.05, 0.1) is 17.6 Å². The van der Waals surface area contributed by atoms with Crippen LogP contribution in [0.5, 0.6) is 0 Å². The van der Waals surface area contributed by atoms with Gasteiger partial charge in [-0.3, -0.25) is 0 Å². The molecule has 0 unspecified atom stereocenters. The van der Waals surface area contributed by atoms with E-state index in [1.807, 2.05) is 0 Å². The molecule has 1 aromatic rings. The van der Waals surface area contributed by atoms with Gasteiger partial charge < -0.3 is 4.74 Å². The summed E-state index contributed by atoms with van der Waals surface area (Å²) in [5.41, 5.74) is 1.58. The van der Waals surface area contributed by atoms with Crippen LogP contribution in [-0.4, -0.2) is 27.8 Å². The topological polar surface area (TPSA) is 60.4 Å². The SMILES string of the molecule is CCCCCc1ccc(C(=O)OC)c(C)c1S(C)(=O)=O. The monoisotopic (exact) mass is 298 g/mol. The summed E-state index contributed by atoms with van der Waals surface area (Å²) in [5, 5.41) is 0. The van der Waals surface area contributed by atoms with Crippen LogP contribution in [0.4, 0.5) is 0 Å². The lowest BCUT2D eigenvalue weighted by Gasteiger charge is -2.14. The van der Waals surface area contributed by atoms with E-state index < -0.39 is 15.8 Å². The number of carbonyl (C=O) groups excluding carboxylic acids is 1. The Bertz CT molecular complexity index is 588. The molecule has 0 saturated carbocycles. The Kier molecular flexibility index (Phi) is 5.74. The highest BCUT2D eigenvalue weighted by atomic mass is 32.2. The van der Waals surface area contributed by atoms with Crippen molar-refractivity contribution in [2.24, 2.45) is 0 Å². The van der Waals surface area contributed by atoms with Crippen LogP contribution in [0.25, 0.3) is 0 Å². The molecule has 4 nitrogen and oxygen atoms in total. The van der Waals surface area contributed by atoms with Gasteiger partial charge in [-0.15, -0.1) is 0 Å². The molecule has 0 fully saturated rings. The Morgan fingerprint density at radius 1 is 1.25 bits per heavy atom. The smallest absolute Gasteiger partial charge is 0.338 e. The third-order valence-corrected chi connectivity index (χ3v) is 4.62. The molecular formula is C15H22O4S. The number of carbonyl (C=O) groups is 1. The molecule has 0 heterocycles. The zero-order valence-electron chi connectivity index (χ0n) is 12.5. The van der Waals surface area contributed by atoms with E-state index in [1.165, 1.54) is 13.4 Å². The summed E-state index contributed by atoms with van der Waals surface area (Å²) in [6, 6.07) is 3.38. The molecule has 1 rings (SSSR count).